The van der Waals surface area contributed by atoms with E-state index in [-0.39, 0.29) is 56.0 Å². The minimum Gasteiger partial charge on any atom is -0.307 e. The van der Waals surface area contributed by atoms with Gasteiger partial charge in [-0.05, 0) is 48.0 Å². The van der Waals surface area contributed by atoms with Gasteiger partial charge in [0, 0.05) is 29.4 Å². The Hall–Kier alpha value is -2.22. The number of thioether (sulfide) groups is 1. The Labute approximate surface area is 209 Å². The van der Waals surface area contributed by atoms with Crippen molar-refractivity contribution in [3.63, 3.8) is 0 Å². The van der Waals surface area contributed by atoms with Gasteiger partial charge in [0.05, 0.1) is 21.2 Å². The molecule has 7 nitrogen and oxygen atoms in total. The molecular weight excluding hydrogens is 462 g/mol. The Morgan fingerprint density at radius 2 is 1.57 bits per heavy atom. The maximum absolute atomic E-state index is 13.8. The van der Waals surface area contributed by atoms with Gasteiger partial charge < -0.3 is 4.57 Å². The molecule has 2 aromatic rings. The first-order chi connectivity index (χ1) is 16.3. The Balaban J connectivity index is 1.54. The van der Waals surface area contributed by atoms with Crippen molar-refractivity contribution in [1.29, 1.82) is 0 Å². The fourth-order valence-electron chi connectivity index (χ4n) is 8.22. The maximum Gasteiger partial charge on any atom is 0.271 e. The standard InChI is InChI=1S/C27H33N3O4S/c1-24(2)15-9-11-26(24,5)21(19(15)31)29-18-13-14(30(33)34)7-8-17(18)28-23(29)35-22-20(32)16-10-12-27(22,6)25(16,3)4/h7-8,13,15-16,21-22H,9-12H2,1-6H3/t15-,16+,21+,22-,26-,27+/m1/s1. The molecular formula is C27H33N3O4S. The topological polar surface area (TPSA) is 95.1 Å². The van der Waals surface area contributed by atoms with Crippen molar-refractivity contribution >= 4 is 40.0 Å². The molecule has 0 N–H and O–H groups in total. The quantitative estimate of drug-likeness (QED) is 0.381. The van der Waals surface area contributed by atoms with E-state index in [0.29, 0.717) is 16.2 Å². The van der Waals surface area contributed by atoms with Crippen molar-refractivity contribution in [3.05, 3.63) is 28.3 Å². The van der Waals surface area contributed by atoms with Gasteiger partial charge in [0.1, 0.15) is 11.8 Å². The zero-order valence-corrected chi connectivity index (χ0v) is 22.1. The molecule has 4 aliphatic carbocycles. The number of hydrogen-bond donors (Lipinski definition) is 0. The zero-order valence-electron chi connectivity index (χ0n) is 21.3. The monoisotopic (exact) mass is 495 g/mol. The Kier molecular flexibility index (Phi) is 4.47. The lowest BCUT2D eigenvalue weighted by Crippen LogP contribution is -2.37. The van der Waals surface area contributed by atoms with Gasteiger partial charge in [0.2, 0.25) is 0 Å². The molecule has 0 radical (unpaired) electrons. The fourth-order valence-corrected chi connectivity index (χ4v) is 9.86. The number of aromatic nitrogens is 2. The molecule has 4 aliphatic rings. The third-order valence-corrected chi connectivity index (χ3v) is 12.8. The van der Waals surface area contributed by atoms with E-state index >= 15 is 0 Å². The summed E-state index contributed by atoms with van der Waals surface area (Å²) in [6, 6.07) is 4.25. The number of fused-ring (bicyclic) bond motifs is 5. The summed E-state index contributed by atoms with van der Waals surface area (Å²) in [6.07, 6.45) is 3.73. The first kappa shape index (κ1) is 23.2. The number of ketones is 2. The largest absolute Gasteiger partial charge is 0.307 e. The number of non-ortho nitro benzene ring substituents is 1. The van der Waals surface area contributed by atoms with E-state index in [1.165, 1.54) is 17.8 Å². The lowest BCUT2D eigenvalue weighted by atomic mass is 9.69. The second-order valence-electron chi connectivity index (χ2n) is 12.9. The van der Waals surface area contributed by atoms with Crippen molar-refractivity contribution in [2.75, 3.05) is 0 Å². The lowest BCUT2D eigenvalue weighted by Gasteiger charge is -2.40. The van der Waals surface area contributed by atoms with Crippen molar-refractivity contribution in [1.82, 2.24) is 9.55 Å². The molecule has 4 bridgehead atoms. The predicted octanol–water partition coefficient (Wildman–Crippen LogP) is 6.00. The van der Waals surface area contributed by atoms with Crippen LogP contribution in [-0.4, -0.2) is 31.3 Å². The molecule has 6 rings (SSSR count). The summed E-state index contributed by atoms with van der Waals surface area (Å²) in [6.45, 7) is 13.2. The van der Waals surface area contributed by atoms with Gasteiger partial charge in [-0.3, -0.25) is 19.7 Å². The molecule has 0 aliphatic heterocycles. The van der Waals surface area contributed by atoms with Crippen LogP contribution in [0.25, 0.3) is 11.0 Å². The van der Waals surface area contributed by atoms with Crippen molar-refractivity contribution in [2.24, 2.45) is 33.5 Å². The first-order valence-corrected chi connectivity index (χ1v) is 13.5. The summed E-state index contributed by atoms with van der Waals surface area (Å²) < 4.78 is 1.98. The van der Waals surface area contributed by atoms with E-state index in [1.807, 2.05) is 4.57 Å². The third-order valence-electron chi connectivity index (χ3n) is 11.3. The molecule has 8 heteroatoms. The number of carbonyl (C=O) groups excluding carboxylic acids is 2. The van der Waals surface area contributed by atoms with E-state index in [1.54, 1.807) is 12.1 Å². The second kappa shape index (κ2) is 6.75. The average Bonchev–Trinajstić information content (AvgIpc) is 3.40. The normalized spacial score (nSPS) is 38.7. The SMILES string of the molecule is CC1(C)[C@H]2CC[C@@]1(C)[C@H](Sc1nc3ccc([N+](=O)[O-])cc3n1[C@H]1C(=O)[C@H]3CC[C@@]1(C)C3(C)C)C2=O. The number of carbonyl (C=O) groups is 2. The molecule has 0 saturated heterocycles. The minimum absolute atomic E-state index is 0.0145. The molecule has 4 fully saturated rings. The van der Waals surface area contributed by atoms with Crippen LogP contribution in [0.1, 0.15) is 73.3 Å². The van der Waals surface area contributed by atoms with Crippen LogP contribution in [0.4, 0.5) is 5.69 Å². The molecule has 0 unspecified atom stereocenters. The van der Waals surface area contributed by atoms with Crippen LogP contribution in [0.5, 0.6) is 0 Å². The predicted molar refractivity (Wildman–Crippen MR) is 134 cm³/mol. The highest BCUT2D eigenvalue weighted by Crippen LogP contribution is 2.70. The van der Waals surface area contributed by atoms with Crippen LogP contribution in [0.15, 0.2) is 23.4 Å². The van der Waals surface area contributed by atoms with Gasteiger partial charge in [-0.1, -0.05) is 53.3 Å². The molecule has 0 amide bonds. The minimum atomic E-state index is -0.444. The molecule has 1 aromatic carbocycles. The highest BCUT2D eigenvalue weighted by Gasteiger charge is 2.69. The Morgan fingerprint density at radius 3 is 2.11 bits per heavy atom. The van der Waals surface area contributed by atoms with Crippen LogP contribution >= 0.6 is 11.8 Å². The number of nitrogens with zero attached hydrogens (tertiary/aromatic N) is 3. The van der Waals surface area contributed by atoms with E-state index in [0.717, 1.165) is 25.7 Å². The molecule has 4 saturated carbocycles. The lowest BCUT2D eigenvalue weighted by molar-refractivity contribution is -0.384. The van der Waals surface area contributed by atoms with E-state index in [4.69, 9.17) is 4.98 Å². The number of nitro benzene ring substituents is 1. The van der Waals surface area contributed by atoms with Crippen LogP contribution in [0.2, 0.25) is 0 Å². The molecule has 0 spiro atoms. The zero-order chi connectivity index (χ0) is 25.3. The third kappa shape index (κ3) is 2.57. The van der Waals surface area contributed by atoms with E-state index < -0.39 is 11.0 Å². The average molecular weight is 496 g/mol. The van der Waals surface area contributed by atoms with Crippen LogP contribution < -0.4 is 0 Å². The van der Waals surface area contributed by atoms with Crippen molar-refractivity contribution in [3.8, 4) is 0 Å². The van der Waals surface area contributed by atoms with Gasteiger partial charge >= 0.3 is 0 Å². The highest BCUT2D eigenvalue weighted by molar-refractivity contribution is 8.00. The van der Waals surface area contributed by atoms with Crippen LogP contribution in [-0.2, 0) is 9.59 Å². The van der Waals surface area contributed by atoms with Crippen LogP contribution in [0, 0.1) is 43.6 Å². The summed E-state index contributed by atoms with van der Waals surface area (Å²) in [4.78, 5) is 43.5. The summed E-state index contributed by atoms with van der Waals surface area (Å²) in [5.41, 5.74) is 0.525. The fraction of sp³-hybridized carbons (Fsp3) is 0.667. The van der Waals surface area contributed by atoms with Gasteiger partial charge in [0.25, 0.3) is 5.69 Å². The summed E-state index contributed by atoms with van der Waals surface area (Å²) in [5, 5.41) is 12.0. The van der Waals surface area contributed by atoms with Gasteiger partial charge in [-0.15, -0.1) is 0 Å². The smallest absolute Gasteiger partial charge is 0.271 e. The summed E-state index contributed by atoms with van der Waals surface area (Å²) in [7, 11) is 0. The number of Topliss-reactive ketones (excluding diaryl/α,β-unsaturated/α-hetero) is 2. The Morgan fingerprint density at radius 1 is 0.971 bits per heavy atom. The van der Waals surface area contributed by atoms with E-state index in [2.05, 4.69) is 41.5 Å². The number of hydrogen-bond acceptors (Lipinski definition) is 6. The molecule has 1 heterocycles. The van der Waals surface area contributed by atoms with Crippen LogP contribution in [0.3, 0.4) is 0 Å². The first-order valence-electron chi connectivity index (χ1n) is 12.7. The number of imidazole rings is 1. The van der Waals surface area contributed by atoms with Crippen molar-refractivity contribution < 1.29 is 14.5 Å². The number of rotatable bonds is 4. The number of benzene rings is 1. The van der Waals surface area contributed by atoms with Crippen molar-refractivity contribution in [2.45, 2.75) is 83.7 Å². The summed E-state index contributed by atoms with van der Waals surface area (Å²) >= 11 is 1.49. The maximum atomic E-state index is 13.8. The molecule has 35 heavy (non-hydrogen) atoms. The highest BCUT2D eigenvalue weighted by atomic mass is 32.2. The second-order valence-corrected chi connectivity index (χ2v) is 13.9. The van der Waals surface area contributed by atoms with Gasteiger partial charge in [-0.25, -0.2) is 4.98 Å². The molecule has 1 aromatic heterocycles. The Bertz CT molecular complexity index is 1330. The summed E-state index contributed by atoms with van der Waals surface area (Å²) in [5.74, 6) is 0.489. The van der Waals surface area contributed by atoms with E-state index in [9.17, 15) is 19.7 Å². The number of nitro groups is 1. The van der Waals surface area contributed by atoms with Gasteiger partial charge in [-0.2, -0.15) is 0 Å². The molecule has 186 valence electrons. The molecule has 6 atom stereocenters. The van der Waals surface area contributed by atoms with Gasteiger partial charge in [0.15, 0.2) is 10.9 Å².